The average molecular weight is 413 g/mol. The second-order valence-corrected chi connectivity index (χ2v) is 8.19. The summed E-state index contributed by atoms with van der Waals surface area (Å²) in [6.45, 7) is -0.0986. The lowest BCUT2D eigenvalue weighted by atomic mass is 9.97. The molecule has 152 valence electrons. The van der Waals surface area contributed by atoms with Crippen LogP contribution in [0.4, 0.5) is 0 Å². The molecule has 4 rings (SSSR count). The summed E-state index contributed by atoms with van der Waals surface area (Å²) < 4.78 is 3.15. The molecule has 3 aromatic rings. The fraction of sp³-hybridized carbons (Fsp3) is 0.450. The number of pyridine rings is 1. The van der Waals surface area contributed by atoms with Gasteiger partial charge >= 0.3 is 0 Å². The summed E-state index contributed by atoms with van der Waals surface area (Å²) in [6, 6.07) is 7.02. The normalized spacial score (nSPS) is 14.5. The summed E-state index contributed by atoms with van der Waals surface area (Å²) >= 11 is 1.71. The van der Waals surface area contributed by atoms with Crippen LogP contribution < -0.4 is 10.9 Å². The minimum Gasteiger partial charge on any atom is -0.344 e. The summed E-state index contributed by atoms with van der Waals surface area (Å²) in [6.07, 6.45) is 8.54. The van der Waals surface area contributed by atoms with E-state index >= 15 is 0 Å². The molecule has 1 amide bonds. The summed E-state index contributed by atoms with van der Waals surface area (Å²) in [5.41, 5.74) is 2.46. The Bertz CT molecular complexity index is 1080. The highest BCUT2D eigenvalue weighted by atomic mass is 32.2. The Hall–Kier alpha value is -2.68. The summed E-state index contributed by atoms with van der Waals surface area (Å²) in [5, 5.41) is 15.9. The Kier molecular flexibility index (Phi) is 5.94. The molecular formula is C20H24N6O2S. The van der Waals surface area contributed by atoms with Crippen molar-refractivity contribution in [2.45, 2.75) is 44.7 Å². The zero-order chi connectivity index (χ0) is 20.2. The first-order valence-electron chi connectivity index (χ1n) is 9.83. The van der Waals surface area contributed by atoms with E-state index in [-0.39, 0.29) is 24.1 Å². The van der Waals surface area contributed by atoms with Crippen molar-refractivity contribution in [3.8, 4) is 0 Å². The van der Waals surface area contributed by atoms with Gasteiger partial charge in [-0.05, 0) is 61.8 Å². The van der Waals surface area contributed by atoms with Crippen molar-refractivity contribution in [2.75, 3.05) is 12.0 Å². The molecule has 9 heteroatoms. The van der Waals surface area contributed by atoms with Gasteiger partial charge in [-0.25, -0.2) is 4.68 Å². The van der Waals surface area contributed by atoms with Gasteiger partial charge in [0.2, 0.25) is 5.91 Å². The Morgan fingerprint density at radius 2 is 2.14 bits per heavy atom. The second-order valence-electron chi connectivity index (χ2n) is 7.21. The number of fused-ring (bicyclic) bond motifs is 2. The van der Waals surface area contributed by atoms with Crippen molar-refractivity contribution in [1.29, 1.82) is 0 Å². The number of amides is 1. The number of aryl methyl sites for hydroxylation is 2. The third kappa shape index (κ3) is 4.34. The number of carbonyl (C=O) groups excluding carboxylic acids is 1. The van der Waals surface area contributed by atoms with Gasteiger partial charge in [-0.1, -0.05) is 6.07 Å². The molecule has 0 aromatic carbocycles. The molecule has 1 N–H and O–H groups in total. The first-order chi connectivity index (χ1) is 14.2. The number of rotatable bonds is 7. The lowest BCUT2D eigenvalue weighted by Gasteiger charge is -2.18. The van der Waals surface area contributed by atoms with Crippen molar-refractivity contribution >= 4 is 23.3 Å². The third-order valence-electron chi connectivity index (χ3n) is 5.16. The standard InChI is InChI=1S/C20H24N6O2S/c1-29-11-9-16(20-23-22-17-8-4-5-10-25(17)20)21-18(27)13-26-19(28)12-14-6-2-3-7-15(14)24-26/h4-5,8,10,12,16H,2-3,6-7,9,11,13H2,1H3,(H,21,27)/t16-/m0/s1. The van der Waals surface area contributed by atoms with Crippen LogP contribution in [0, 0.1) is 0 Å². The van der Waals surface area contributed by atoms with Gasteiger partial charge in [-0.2, -0.15) is 16.9 Å². The van der Waals surface area contributed by atoms with E-state index in [9.17, 15) is 9.59 Å². The molecule has 0 radical (unpaired) electrons. The number of hydrogen-bond donors (Lipinski definition) is 1. The zero-order valence-electron chi connectivity index (χ0n) is 16.4. The topological polar surface area (TPSA) is 94.2 Å². The van der Waals surface area contributed by atoms with Gasteiger partial charge in [0.25, 0.3) is 5.56 Å². The average Bonchev–Trinajstić information content (AvgIpc) is 3.16. The van der Waals surface area contributed by atoms with Gasteiger partial charge in [0.1, 0.15) is 6.54 Å². The number of carbonyl (C=O) groups is 1. The highest BCUT2D eigenvalue weighted by Crippen LogP contribution is 2.19. The summed E-state index contributed by atoms with van der Waals surface area (Å²) in [4.78, 5) is 25.1. The van der Waals surface area contributed by atoms with Crippen LogP contribution in [0.1, 0.15) is 42.4 Å². The quantitative estimate of drug-likeness (QED) is 0.636. The molecule has 1 atom stereocenters. The number of hydrogen-bond acceptors (Lipinski definition) is 6. The minimum absolute atomic E-state index is 0.0986. The number of thioether (sulfide) groups is 1. The molecule has 1 aliphatic rings. The fourth-order valence-electron chi connectivity index (χ4n) is 3.69. The van der Waals surface area contributed by atoms with Gasteiger partial charge in [0.05, 0.1) is 11.7 Å². The molecule has 1 aliphatic carbocycles. The molecule has 8 nitrogen and oxygen atoms in total. The monoisotopic (exact) mass is 412 g/mol. The highest BCUT2D eigenvalue weighted by molar-refractivity contribution is 7.98. The first-order valence-corrected chi connectivity index (χ1v) is 11.2. The van der Waals surface area contributed by atoms with E-state index in [4.69, 9.17) is 0 Å². The first kappa shape index (κ1) is 19.6. The maximum Gasteiger partial charge on any atom is 0.267 e. The van der Waals surface area contributed by atoms with Gasteiger partial charge in [-0.3, -0.25) is 14.0 Å². The van der Waals surface area contributed by atoms with E-state index in [1.54, 1.807) is 17.8 Å². The Morgan fingerprint density at radius 3 is 3.00 bits per heavy atom. The predicted molar refractivity (Wildman–Crippen MR) is 112 cm³/mol. The van der Waals surface area contributed by atoms with E-state index in [0.717, 1.165) is 54.8 Å². The molecule has 29 heavy (non-hydrogen) atoms. The van der Waals surface area contributed by atoms with Crippen LogP contribution >= 0.6 is 11.8 Å². The van der Waals surface area contributed by atoms with Crippen LogP contribution in [-0.2, 0) is 24.2 Å². The van der Waals surface area contributed by atoms with E-state index in [2.05, 4.69) is 20.6 Å². The number of nitrogens with zero attached hydrogens (tertiary/aromatic N) is 5. The summed E-state index contributed by atoms with van der Waals surface area (Å²) in [5.74, 6) is 1.30. The van der Waals surface area contributed by atoms with E-state index in [0.29, 0.717) is 5.82 Å². The van der Waals surface area contributed by atoms with Crippen molar-refractivity contribution in [1.82, 2.24) is 29.7 Å². The maximum absolute atomic E-state index is 12.8. The molecule has 0 saturated heterocycles. The molecule has 0 aliphatic heterocycles. The third-order valence-corrected chi connectivity index (χ3v) is 5.81. The van der Waals surface area contributed by atoms with E-state index in [1.807, 2.05) is 35.1 Å². The molecule has 0 spiro atoms. The smallest absolute Gasteiger partial charge is 0.267 e. The molecular weight excluding hydrogens is 388 g/mol. The fourth-order valence-corrected chi connectivity index (χ4v) is 4.16. The van der Waals surface area contributed by atoms with Crippen molar-refractivity contribution in [3.63, 3.8) is 0 Å². The summed E-state index contributed by atoms with van der Waals surface area (Å²) in [7, 11) is 0. The number of nitrogens with one attached hydrogen (secondary N) is 1. The molecule has 3 aromatic heterocycles. The lowest BCUT2D eigenvalue weighted by Crippen LogP contribution is -2.37. The van der Waals surface area contributed by atoms with Gasteiger partial charge in [-0.15, -0.1) is 10.2 Å². The van der Waals surface area contributed by atoms with E-state index in [1.165, 1.54) is 4.68 Å². The SMILES string of the molecule is CSCC[C@H](NC(=O)Cn1nc2c(cc1=O)CCCC2)c1nnc2ccccn12. The second kappa shape index (κ2) is 8.77. The maximum atomic E-state index is 12.8. The molecule has 0 unspecified atom stereocenters. The Balaban J connectivity index is 1.53. The Labute approximate surface area is 172 Å². The van der Waals surface area contributed by atoms with Gasteiger partial charge in [0, 0.05) is 12.3 Å². The van der Waals surface area contributed by atoms with Crippen LogP contribution in [0.5, 0.6) is 0 Å². The van der Waals surface area contributed by atoms with Crippen molar-refractivity contribution in [2.24, 2.45) is 0 Å². The highest BCUT2D eigenvalue weighted by Gasteiger charge is 2.21. The van der Waals surface area contributed by atoms with Crippen LogP contribution in [-0.4, -0.2) is 42.3 Å². The van der Waals surface area contributed by atoms with Crippen LogP contribution in [0.25, 0.3) is 5.65 Å². The number of aromatic nitrogens is 5. The zero-order valence-corrected chi connectivity index (χ0v) is 17.2. The van der Waals surface area contributed by atoms with Gasteiger partial charge < -0.3 is 5.32 Å². The molecule has 3 heterocycles. The minimum atomic E-state index is -0.291. The molecule has 0 fully saturated rings. The molecule has 0 bridgehead atoms. The van der Waals surface area contributed by atoms with E-state index < -0.39 is 0 Å². The lowest BCUT2D eigenvalue weighted by molar-refractivity contribution is -0.122. The molecule has 0 saturated carbocycles. The van der Waals surface area contributed by atoms with Crippen LogP contribution in [0.3, 0.4) is 0 Å². The Morgan fingerprint density at radius 1 is 1.28 bits per heavy atom. The predicted octanol–water partition coefficient (Wildman–Crippen LogP) is 1.78. The largest absolute Gasteiger partial charge is 0.344 e. The van der Waals surface area contributed by atoms with Gasteiger partial charge in [0.15, 0.2) is 11.5 Å². The van der Waals surface area contributed by atoms with Crippen molar-refractivity contribution in [3.05, 3.63) is 57.9 Å². The van der Waals surface area contributed by atoms with Crippen molar-refractivity contribution < 1.29 is 4.79 Å². The van der Waals surface area contributed by atoms with Crippen LogP contribution in [0.15, 0.2) is 35.3 Å². The van der Waals surface area contributed by atoms with Crippen LogP contribution in [0.2, 0.25) is 0 Å².